The first kappa shape index (κ1) is 17.9. The maximum Gasteiger partial charge on any atom is 0.255 e. The second-order valence-corrected chi connectivity index (χ2v) is 8.11. The monoisotopic (exact) mass is 444 g/mol. The molecule has 0 aliphatic carbocycles. The molecule has 0 radical (unpaired) electrons. The van der Waals surface area contributed by atoms with Gasteiger partial charge in [0, 0.05) is 15.2 Å². The van der Waals surface area contributed by atoms with E-state index >= 15 is 0 Å². The molecule has 0 atom stereocenters. The Bertz CT molecular complexity index is 802. The van der Waals surface area contributed by atoms with Gasteiger partial charge in [0.1, 0.15) is 0 Å². The second kappa shape index (κ2) is 7.41. The number of para-hydroxylation sites is 1. The zero-order chi connectivity index (χ0) is 17.0. The topological polar surface area (TPSA) is 75.3 Å². The number of anilines is 1. The van der Waals surface area contributed by atoms with E-state index in [0.717, 1.165) is 9.26 Å². The summed E-state index contributed by atoms with van der Waals surface area (Å²) in [6, 6.07) is 13.1. The number of sulfonamides is 1. The van der Waals surface area contributed by atoms with Crippen LogP contribution in [-0.2, 0) is 10.0 Å². The number of halogens is 1. The number of rotatable bonds is 5. The van der Waals surface area contributed by atoms with Crippen LogP contribution in [0.5, 0.6) is 0 Å². The Morgan fingerprint density at radius 1 is 1.04 bits per heavy atom. The number of hydrogen-bond acceptors (Lipinski definition) is 3. The lowest BCUT2D eigenvalue weighted by molar-refractivity contribution is 0.102. The Morgan fingerprint density at radius 2 is 1.65 bits per heavy atom. The molecule has 5 nitrogen and oxygen atoms in total. The number of benzene rings is 2. The molecule has 1 amide bonds. The lowest BCUT2D eigenvalue weighted by Gasteiger charge is -2.10. The highest BCUT2D eigenvalue weighted by atomic mass is 127. The van der Waals surface area contributed by atoms with Gasteiger partial charge in [0.05, 0.1) is 10.6 Å². The first-order valence-electron chi connectivity index (χ1n) is 6.98. The molecule has 0 saturated carbocycles. The molecule has 0 heterocycles. The van der Waals surface area contributed by atoms with Crippen molar-refractivity contribution in [2.75, 3.05) is 5.32 Å². The number of nitrogens with one attached hydrogen (secondary N) is 2. The molecule has 0 saturated heterocycles. The van der Waals surface area contributed by atoms with Crippen molar-refractivity contribution in [1.29, 1.82) is 0 Å². The van der Waals surface area contributed by atoms with E-state index in [1.165, 1.54) is 24.3 Å². The number of carbonyl (C=O) groups is 1. The van der Waals surface area contributed by atoms with Gasteiger partial charge >= 0.3 is 0 Å². The van der Waals surface area contributed by atoms with Crippen LogP contribution in [0.4, 0.5) is 5.69 Å². The van der Waals surface area contributed by atoms with Crippen LogP contribution in [0.1, 0.15) is 24.2 Å². The van der Waals surface area contributed by atoms with Gasteiger partial charge in [0.15, 0.2) is 0 Å². The summed E-state index contributed by atoms with van der Waals surface area (Å²) < 4.78 is 27.5. The van der Waals surface area contributed by atoms with E-state index in [1.807, 2.05) is 24.3 Å². The minimum absolute atomic E-state index is 0.136. The van der Waals surface area contributed by atoms with E-state index in [2.05, 4.69) is 32.6 Å². The van der Waals surface area contributed by atoms with Crippen LogP contribution in [0.3, 0.4) is 0 Å². The molecule has 0 aliphatic heterocycles. The van der Waals surface area contributed by atoms with Crippen molar-refractivity contribution in [2.24, 2.45) is 0 Å². The van der Waals surface area contributed by atoms with Gasteiger partial charge in [-0.3, -0.25) is 4.79 Å². The molecule has 0 unspecified atom stereocenters. The molecular formula is C16H17IN2O3S. The van der Waals surface area contributed by atoms with Gasteiger partial charge in [-0.15, -0.1) is 0 Å². The molecule has 0 fully saturated rings. The molecule has 0 spiro atoms. The molecule has 23 heavy (non-hydrogen) atoms. The van der Waals surface area contributed by atoms with Crippen LogP contribution in [0.25, 0.3) is 0 Å². The average molecular weight is 444 g/mol. The summed E-state index contributed by atoms with van der Waals surface area (Å²) in [4.78, 5) is 12.4. The largest absolute Gasteiger partial charge is 0.321 e. The molecule has 0 aromatic heterocycles. The lowest BCUT2D eigenvalue weighted by Crippen LogP contribution is -2.30. The summed E-state index contributed by atoms with van der Waals surface area (Å²) >= 11 is 2.14. The Hall–Kier alpha value is -1.45. The molecular weight excluding hydrogens is 427 g/mol. The fourth-order valence-corrected chi connectivity index (χ4v) is 3.69. The lowest BCUT2D eigenvalue weighted by atomic mass is 10.2. The average Bonchev–Trinajstić information content (AvgIpc) is 2.48. The van der Waals surface area contributed by atoms with Gasteiger partial charge < -0.3 is 5.32 Å². The third kappa shape index (κ3) is 4.76. The van der Waals surface area contributed by atoms with E-state index in [0.29, 0.717) is 5.56 Å². The van der Waals surface area contributed by atoms with Gasteiger partial charge in [-0.25, -0.2) is 13.1 Å². The molecule has 7 heteroatoms. The van der Waals surface area contributed by atoms with Gasteiger partial charge in [-0.05, 0) is 72.8 Å². The van der Waals surface area contributed by atoms with Crippen molar-refractivity contribution in [2.45, 2.75) is 24.8 Å². The van der Waals surface area contributed by atoms with Crippen molar-refractivity contribution in [3.05, 3.63) is 57.7 Å². The zero-order valence-electron chi connectivity index (χ0n) is 12.7. The molecule has 2 rings (SSSR count). The summed E-state index contributed by atoms with van der Waals surface area (Å²) in [5, 5.41) is 2.81. The van der Waals surface area contributed by atoms with Gasteiger partial charge in [0.2, 0.25) is 10.0 Å². The Kier molecular flexibility index (Phi) is 5.77. The Labute approximate surface area is 149 Å². The molecule has 2 aromatic rings. The quantitative estimate of drug-likeness (QED) is 0.696. The van der Waals surface area contributed by atoms with Crippen LogP contribution in [0, 0.1) is 3.57 Å². The number of amides is 1. The second-order valence-electron chi connectivity index (χ2n) is 5.23. The van der Waals surface area contributed by atoms with E-state index in [4.69, 9.17) is 0 Å². The van der Waals surface area contributed by atoms with E-state index in [1.54, 1.807) is 13.8 Å². The van der Waals surface area contributed by atoms with Crippen LogP contribution >= 0.6 is 22.6 Å². The normalized spacial score (nSPS) is 11.5. The highest BCUT2D eigenvalue weighted by molar-refractivity contribution is 14.1. The molecule has 122 valence electrons. The number of hydrogen-bond donors (Lipinski definition) is 2. The zero-order valence-corrected chi connectivity index (χ0v) is 15.7. The maximum absolute atomic E-state index is 12.2. The van der Waals surface area contributed by atoms with Crippen molar-refractivity contribution >= 4 is 44.2 Å². The Balaban J connectivity index is 2.16. The van der Waals surface area contributed by atoms with Gasteiger partial charge in [-0.2, -0.15) is 0 Å². The summed E-state index contributed by atoms with van der Waals surface area (Å²) in [5.74, 6) is -0.283. The van der Waals surface area contributed by atoms with Crippen LogP contribution in [0.2, 0.25) is 0 Å². The first-order chi connectivity index (χ1) is 10.8. The van der Waals surface area contributed by atoms with E-state index < -0.39 is 10.0 Å². The van der Waals surface area contributed by atoms with Gasteiger partial charge in [-0.1, -0.05) is 12.1 Å². The maximum atomic E-state index is 12.2. The fourth-order valence-electron chi connectivity index (χ4n) is 1.92. The van der Waals surface area contributed by atoms with Crippen molar-refractivity contribution in [3.8, 4) is 0 Å². The predicted molar refractivity (Wildman–Crippen MR) is 99.0 cm³/mol. The molecule has 2 aromatic carbocycles. The van der Waals surface area contributed by atoms with E-state index in [9.17, 15) is 13.2 Å². The van der Waals surface area contributed by atoms with Crippen LogP contribution in [0.15, 0.2) is 53.4 Å². The van der Waals surface area contributed by atoms with Gasteiger partial charge in [0.25, 0.3) is 5.91 Å². The van der Waals surface area contributed by atoms with Crippen LogP contribution in [-0.4, -0.2) is 20.4 Å². The Morgan fingerprint density at radius 3 is 2.22 bits per heavy atom. The predicted octanol–water partition coefficient (Wildman–Crippen LogP) is 3.23. The first-order valence-corrected chi connectivity index (χ1v) is 9.54. The van der Waals surface area contributed by atoms with Crippen molar-refractivity contribution < 1.29 is 13.2 Å². The minimum atomic E-state index is -3.55. The minimum Gasteiger partial charge on any atom is -0.321 e. The fraction of sp³-hybridized carbons (Fsp3) is 0.188. The standard InChI is InChI=1S/C16H17IN2O3S/c1-11(2)19-23(21,22)13-9-7-12(8-10-13)16(20)18-15-6-4-3-5-14(15)17/h3-11,19H,1-2H3,(H,18,20). The number of carbonyl (C=O) groups excluding carboxylic acids is 1. The molecule has 0 bridgehead atoms. The van der Waals surface area contributed by atoms with Crippen LogP contribution < -0.4 is 10.0 Å². The summed E-state index contributed by atoms with van der Waals surface area (Å²) in [6.45, 7) is 3.50. The molecule has 2 N–H and O–H groups in total. The summed E-state index contributed by atoms with van der Waals surface area (Å²) in [7, 11) is -3.55. The highest BCUT2D eigenvalue weighted by Gasteiger charge is 2.16. The SMILES string of the molecule is CC(C)NS(=O)(=O)c1ccc(C(=O)Nc2ccccc2I)cc1. The highest BCUT2D eigenvalue weighted by Crippen LogP contribution is 2.18. The van der Waals surface area contributed by atoms with Crippen molar-refractivity contribution in [3.63, 3.8) is 0 Å². The summed E-state index contributed by atoms with van der Waals surface area (Å²) in [6.07, 6.45) is 0. The van der Waals surface area contributed by atoms with E-state index in [-0.39, 0.29) is 16.8 Å². The van der Waals surface area contributed by atoms with Crippen molar-refractivity contribution in [1.82, 2.24) is 4.72 Å². The summed E-state index contributed by atoms with van der Waals surface area (Å²) in [5.41, 5.74) is 1.12. The smallest absolute Gasteiger partial charge is 0.255 e. The third-order valence-electron chi connectivity index (χ3n) is 2.94. The molecule has 0 aliphatic rings. The third-order valence-corrected chi connectivity index (χ3v) is 5.55.